The Morgan fingerprint density at radius 3 is 2.10 bits per heavy atom. The molecule has 0 unspecified atom stereocenters. The molecule has 0 bridgehead atoms. The molecule has 1 heterocycles. The summed E-state index contributed by atoms with van der Waals surface area (Å²) in [5.41, 5.74) is 3.66. The molecule has 1 atom stereocenters. The molecule has 1 aromatic heterocycles. The smallest absolute Gasteiger partial charge is 0.223 e. The van der Waals surface area contributed by atoms with E-state index in [-0.39, 0.29) is 11.9 Å². The van der Waals surface area contributed by atoms with E-state index >= 15 is 0 Å². The summed E-state index contributed by atoms with van der Waals surface area (Å²) in [6.07, 6.45) is 3.43. The number of aromatic nitrogens is 1. The molecule has 1 amide bonds. The highest BCUT2D eigenvalue weighted by Gasteiger charge is 2.23. The number of hydrogen-bond acceptors (Lipinski definition) is 1. The molecule has 0 radical (unpaired) electrons. The fourth-order valence-corrected chi connectivity index (χ4v) is 3.56. The largest absolute Gasteiger partial charge is 0.345 e. The lowest BCUT2D eigenvalue weighted by Crippen LogP contribution is -2.41. The predicted octanol–water partition coefficient (Wildman–Crippen LogP) is 5.54. The molecule has 3 nitrogen and oxygen atoms in total. The van der Waals surface area contributed by atoms with E-state index in [1.165, 1.54) is 16.8 Å². The van der Waals surface area contributed by atoms with Gasteiger partial charge in [-0.15, -0.1) is 0 Å². The van der Waals surface area contributed by atoms with E-state index in [9.17, 15) is 4.79 Å². The maximum absolute atomic E-state index is 13.2. The lowest BCUT2D eigenvalue weighted by atomic mass is 10.0. The first-order valence-electron chi connectivity index (χ1n) is 10.6. The topological polar surface area (TPSA) is 25.2 Å². The second kappa shape index (κ2) is 10.1. The van der Waals surface area contributed by atoms with Crippen molar-refractivity contribution in [2.45, 2.75) is 52.7 Å². The van der Waals surface area contributed by atoms with E-state index in [1.807, 2.05) is 24.3 Å². The number of nitrogens with zero attached hydrogens (tertiary/aromatic N) is 2. The Hall–Kier alpha value is -2.81. The second-order valence-corrected chi connectivity index (χ2v) is 8.10. The van der Waals surface area contributed by atoms with Gasteiger partial charge in [-0.2, -0.15) is 0 Å². The minimum atomic E-state index is 0.193. The number of aryl methyl sites for hydroxylation is 1. The molecule has 2 aromatic carbocycles. The van der Waals surface area contributed by atoms with Crippen LogP contribution in [0.25, 0.3) is 0 Å². The van der Waals surface area contributed by atoms with Crippen LogP contribution in [0.15, 0.2) is 79.0 Å². The SMILES string of the molecule is CC(C)[C@H](C)N(Cc1cccn1Cc1ccccc1)C(=O)CCc1ccccc1. The maximum atomic E-state index is 13.2. The number of carbonyl (C=O) groups excluding carboxylic acids is 1. The molecule has 0 aliphatic carbocycles. The van der Waals surface area contributed by atoms with Gasteiger partial charge >= 0.3 is 0 Å². The molecule has 3 aromatic rings. The van der Waals surface area contributed by atoms with Gasteiger partial charge in [0.2, 0.25) is 5.91 Å². The van der Waals surface area contributed by atoms with Gasteiger partial charge in [0.1, 0.15) is 0 Å². The van der Waals surface area contributed by atoms with Crippen LogP contribution in [0, 0.1) is 5.92 Å². The number of hydrogen-bond donors (Lipinski definition) is 0. The van der Waals surface area contributed by atoms with Gasteiger partial charge in [0, 0.05) is 30.9 Å². The van der Waals surface area contributed by atoms with Crippen LogP contribution in [0.2, 0.25) is 0 Å². The third kappa shape index (κ3) is 5.83. The van der Waals surface area contributed by atoms with Crippen LogP contribution in [0.3, 0.4) is 0 Å². The van der Waals surface area contributed by atoms with Crippen LogP contribution in [-0.2, 0) is 24.3 Å². The maximum Gasteiger partial charge on any atom is 0.223 e. The number of rotatable bonds is 9. The van der Waals surface area contributed by atoms with Crippen molar-refractivity contribution in [2.75, 3.05) is 0 Å². The monoisotopic (exact) mass is 388 g/mol. The number of amides is 1. The van der Waals surface area contributed by atoms with E-state index in [4.69, 9.17) is 0 Å². The minimum absolute atomic E-state index is 0.193. The Labute approximate surface area is 175 Å². The molecule has 3 heteroatoms. The zero-order valence-electron chi connectivity index (χ0n) is 17.8. The highest BCUT2D eigenvalue weighted by molar-refractivity contribution is 5.76. The summed E-state index contributed by atoms with van der Waals surface area (Å²) < 4.78 is 2.25. The molecule has 29 heavy (non-hydrogen) atoms. The molecule has 0 N–H and O–H groups in total. The van der Waals surface area contributed by atoms with Gasteiger partial charge in [-0.3, -0.25) is 4.79 Å². The quantitative estimate of drug-likeness (QED) is 0.472. The summed E-state index contributed by atoms with van der Waals surface area (Å²) >= 11 is 0. The Morgan fingerprint density at radius 1 is 0.862 bits per heavy atom. The van der Waals surface area contributed by atoms with Crippen molar-refractivity contribution in [3.63, 3.8) is 0 Å². The molecule has 0 spiro atoms. The average Bonchev–Trinajstić information content (AvgIpc) is 3.17. The van der Waals surface area contributed by atoms with Crippen molar-refractivity contribution < 1.29 is 4.79 Å². The zero-order valence-corrected chi connectivity index (χ0v) is 17.8. The van der Waals surface area contributed by atoms with Gasteiger partial charge in [0.05, 0.1) is 6.54 Å². The molecule has 152 valence electrons. The standard InChI is InChI=1S/C26H32N2O/c1-21(2)22(3)28(26(29)17-16-23-11-6-4-7-12-23)20-25-15-10-18-27(25)19-24-13-8-5-9-14-24/h4-15,18,21-22H,16-17,19-20H2,1-3H3/t22-/m0/s1. The van der Waals surface area contributed by atoms with Crippen molar-refractivity contribution in [1.82, 2.24) is 9.47 Å². The molecular weight excluding hydrogens is 356 g/mol. The van der Waals surface area contributed by atoms with Gasteiger partial charge in [0.25, 0.3) is 0 Å². The molecule has 0 saturated carbocycles. The Kier molecular flexibility index (Phi) is 7.29. The molecule has 0 aliphatic rings. The number of benzene rings is 2. The van der Waals surface area contributed by atoms with Crippen molar-refractivity contribution in [3.05, 3.63) is 95.8 Å². The van der Waals surface area contributed by atoms with Crippen LogP contribution >= 0.6 is 0 Å². The lowest BCUT2D eigenvalue weighted by Gasteiger charge is -2.32. The first-order chi connectivity index (χ1) is 14.0. The summed E-state index contributed by atoms with van der Waals surface area (Å²) in [5, 5.41) is 0. The molecule has 0 aliphatic heterocycles. The van der Waals surface area contributed by atoms with Crippen LogP contribution < -0.4 is 0 Å². The minimum Gasteiger partial charge on any atom is -0.345 e. The van der Waals surface area contributed by atoms with E-state index in [1.54, 1.807) is 0 Å². The van der Waals surface area contributed by atoms with Crippen molar-refractivity contribution in [1.29, 1.82) is 0 Å². The second-order valence-electron chi connectivity index (χ2n) is 8.10. The van der Waals surface area contributed by atoms with Gasteiger partial charge in [-0.05, 0) is 42.5 Å². The average molecular weight is 389 g/mol. The highest BCUT2D eigenvalue weighted by atomic mass is 16.2. The van der Waals surface area contributed by atoms with Crippen molar-refractivity contribution >= 4 is 5.91 Å². The molecule has 3 rings (SSSR count). The first kappa shape index (κ1) is 20.9. The Balaban J connectivity index is 1.72. The summed E-state index contributed by atoms with van der Waals surface area (Å²) in [7, 11) is 0. The van der Waals surface area contributed by atoms with E-state index in [0.717, 1.165) is 13.0 Å². The van der Waals surface area contributed by atoms with Gasteiger partial charge in [-0.25, -0.2) is 0 Å². The van der Waals surface area contributed by atoms with Crippen LogP contribution in [-0.4, -0.2) is 21.4 Å². The zero-order chi connectivity index (χ0) is 20.6. The highest BCUT2D eigenvalue weighted by Crippen LogP contribution is 2.18. The van der Waals surface area contributed by atoms with Crippen molar-refractivity contribution in [2.24, 2.45) is 5.92 Å². The first-order valence-corrected chi connectivity index (χ1v) is 10.6. The van der Waals surface area contributed by atoms with Gasteiger partial charge in [-0.1, -0.05) is 74.5 Å². The van der Waals surface area contributed by atoms with Crippen LogP contribution in [0.4, 0.5) is 0 Å². The third-order valence-corrected chi connectivity index (χ3v) is 5.70. The lowest BCUT2D eigenvalue weighted by molar-refractivity contribution is -0.134. The third-order valence-electron chi connectivity index (χ3n) is 5.70. The molecular formula is C26H32N2O. The Bertz CT molecular complexity index is 883. The summed E-state index contributed by atoms with van der Waals surface area (Å²) in [6, 6.07) is 25.1. The van der Waals surface area contributed by atoms with Crippen LogP contribution in [0.1, 0.15) is 44.0 Å². The summed E-state index contributed by atoms with van der Waals surface area (Å²) in [4.78, 5) is 15.2. The summed E-state index contributed by atoms with van der Waals surface area (Å²) in [5.74, 6) is 0.635. The van der Waals surface area contributed by atoms with Crippen molar-refractivity contribution in [3.8, 4) is 0 Å². The fourth-order valence-electron chi connectivity index (χ4n) is 3.56. The van der Waals surface area contributed by atoms with E-state index in [0.29, 0.717) is 18.9 Å². The predicted molar refractivity (Wildman–Crippen MR) is 120 cm³/mol. The van der Waals surface area contributed by atoms with E-state index < -0.39 is 0 Å². The molecule has 0 saturated heterocycles. The Morgan fingerprint density at radius 2 is 1.48 bits per heavy atom. The van der Waals surface area contributed by atoms with Gasteiger partial charge < -0.3 is 9.47 Å². The fraction of sp³-hybridized carbons (Fsp3) is 0.346. The normalized spacial score (nSPS) is 12.1. The number of carbonyl (C=O) groups is 1. The summed E-state index contributed by atoms with van der Waals surface area (Å²) in [6.45, 7) is 8.00. The van der Waals surface area contributed by atoms with Gasteiger partial charge in [0.15, 0.2) is 0 Å². The van der Waals surface area contributed by atoms with Crippen LogP contribution in [0.5, 0.6) is 0 Å². The molecule has 0 fully saturated rings. The van der Waals surface area contributed by atoms with E-state index in [2.05, 4.69) is 85.0 Å².